The summed E-state index contributed by atoms with van der Waals surface area (Å²) in [6.07, 6.45) is 8.77. The Morgan fingerprint density at radius 1 is 1.50 bits per heavy atom. The van der Waals surface area contributed by atoms with Crippen molar-refractivity contribution in [2.45, 2.75) is 0 Å². The van der Waals surface area contributed by atoms with Gasteiger partial charge >= 0.3 is 0 Å². The molecule has 2 heteroatoms. The molecule has 0 atom stereocenters. The maximum Gasteiger partial charge on any atom is 0.0830 e. The highest BCUT2D eigenvalue weighted by Crippen LogP contribution is 2.09. The summed E-state index contributed by atoms with van der Waals surface area (Å²) < 4.78 is 4.81. The molecule has 0 fully saturated rings. The number of nitrogens with zero attached hydrogens (tertiary/aromatic N) is 1. The van der Waals surface area contributed by atoms with Crippen molar-refractivity contribution in [2.24, 2.45) is 0 Å². The first kappa shape index (κ1) is 8.53. The van der Waals surface area contributed by atoms with Crippen LogP contribution in [0.1, 0.15) is 11.1 Å². The van der Waals surface area contributed by atoms with Gasteiger partial charge in [0.2, 0.25) is 0 Å². The van der Waals surface area contributed by atoms with E-state index in [9.17, 15) is 0 Å². The van der Waals surface area contributed by atoms with E-state index in [1.54, 1.807) is 31.8 Å². The molecule has 0 amide bonds. The average molecular weight is 161 g/mol. The molecule has 1 aromatic rings. The van der Waals surface area contributed by atoms with Gasteiger partial charge in [0.25, 0.3) is 0 Å². The van der Waals surface area contributed by atoms with Crippen molar-refractivity contribution in [3.8, 4) is 0 Å². The van der Waals surface area contributed by atoms with Crippen LogP contribution in [-0.2, 0) is 4.74 Å². The third-order valence-electron chi connectivity index (χ3n) is 1.49. The Kier molecular flexibility index (Phi) is 3.08. The highest BCUT2D eigenvalue weighted by Gasteiger charge is 1.92. The van der Waals surface area contributed by atoms with Crippen molar-refractivity contribution >= 4 is 12.2 Å². The zero-order chi connectivity index (χ0) is 8.81. The minimum Gasteiger partial charge on any atom is -0.504 e. The molecular formula is C10H11NO. The van der Waals surface area contributed by atoms with Crippen LogP contribution in [0.4, 0.5) is 0 Å². The molecule has 2 nitrogen and oxygen atoms in total. The number of aromatic nitrogens is 1. The van der Waals surface area contributed by atoms with Crippen LogP contribution < -0.4 is 0 Å². The number of hydrogen-bond acceptors (Lipinski definition) is 2. The van der Waals surface area contributed by atoms with E-state index < -0.39 is 0 Å². The molecule has 0 aliphatic heterocycles. The minimum atomic E-state index is 1.01. The molecule has 0 radical (unpaired) electrons. The molecule has 1 aromatic heterocycles. The summed E-state index contributed by atoms with van der Waals surface area (Å²) in [6, 6.07) is 1.91. The van der Waals surface area contributed by atoms with E-state index in [0.717, 1.165) is 11.1 Å². The van der Waals surface area contributed by atoms with E-state index in [4.69, 9.17) is 4.74 Å². The quantitative estimate of drug-likeness (QED) is 0.635. The van der Waals surface area contributed by atoms with Crippen LogP contribution in [0.2, 0.25) is 0 Å². The van der Waals surface area contributed by atoms with Crippen molar-refractivity contribution in [1.29, 1.82) is 0 Å². The molecule has 0 N–H and O–H groups in total. The van der Waals surface area contributed by atoms with Crippen molar-refractivity contribution in [3.63, 3.8) is 0 Å². The van der Waals surface area contributed by atoms with Crippen LogP contribution in [0.15, 0.2) is 31.3 Å². The summed E-state index contributed by atoms with van der Waals surface area (Å²) >= 11 is 0. The van der Waals surface area contributed by atoms with Crippen molar-refractivity contribution in [3.05, 3.63) is 42.4 Å². The topological polar surface area (TPSA) is 22.1 Å². The van der Waals surface area contributed by atoms with Gasteiger partial charge in [0, 0.05) is 12.4 Å². The molecular weight excluding hydrogens is 150 g/mol. The lowest BCUT2D eigenvalue weighted by atomic mass is 10.1. The molecule has 0 saturated heterocycles. The van der Waals surface area contributed by atoms with E-state index in [0.29, 0.717) is 0 Å². The second-order valence-corrected chi connectivity index (χ2v) is 2.25. The molecule has 0 aliphatic rings. The molecule has 0 aliphatic carbocycles. The van der Waals surface area contributed by atoms with E-state index in [-0.39, 0.29) is 0 Å². The van der Waals surface area contributed by atoms with Crippen molar-refractivity contribution in [1.82, 2.24) is 4.98 Å². The molecule has 0 unspecified atom stereocenters. The number of methoxy groups -OCH3 is 1. The summed E-state index contributed by atoms with van der Waals surface area (Å²) in [7, 11) is 1.62. The lowest BCUT2D eigenvalue weighted by Gasteiger charge is -1.97. The molecule has 0 spiro atoms. The molecule has 12 heavy (non-hydrogen) atoms. The van der Waals surface area contributed by atoms with Gasteiger partial charge in [-0.25, -0.2) is 0 Å². The van der Waals surface area contributed by atoms with Crippen LogP contribution in [0, 0.1) is 0 Å². The van der Waals surface area contributed by atoms with Gasteiger partial charge < -0.3 is 4.74 Å². The molecule has 1 rings (SSSR count). The first-order valence-electron chi connectivity index (χ1n) is 3.64. The van der Waals surface area contributed by atoms with E-state index in [1.807, 2.05) is 12.1 Å². The Morgan fingerprint density at radius 2 is 2.33 bits per heavy atom. The van der Waals surface area contributed by atoms with Gasteiger partial charge in [-0.1, -0.05) is 12.7 Å². The highest BCUT2D eigenvalue weighted by atomic mass is 16.5. The summed E-state index contributed by atoms with van der Waals surface area (Å²) in [4.78, 5) is 3.98. The van der Waals surface area contributed by atoms with Crippen LogP contribution >= 0.6 is 0 Å². The Labute approximate surface area is 72.2 Å². The summed E-state index contributed by atoms with van der Waals surface area (Å²) in [5.41, 5.74) is 2.06. The Hall–Kier alpha value is -1.57. The predicted octanol–water partition coefficient (Wildman–Crippen LogP) is 2.34. The van der Waals surface area contributed by atoms with Crippen LogP contribution in [0.25, 0.3) is 12.2 Å². The van der Waals surface area contributed by atoms with Gasteiger partial charge in [-0.3, -0.25) is 4.98 Å². The SMILES string of the molecule is C=Cc1cnccc1/C=C/OC. The largest absolute Gasteiger partial charge is 0.504 e. The normalized spacial score (nSPS) is 10.1. The summed E-state index contributed by atoms with van der Waals surface area (Å²) in [5, 5.41) is 0. The van der Waals surface area contributed by atoms with E-state index in [2.05, 4.69) is 11.6 Å². The van der Waals surface area contributed by atoms with Crippen LogP contribution in [0.3, 0.4) is 0 Å². The highest BCUT2D eigenvalue weighted by molar-refractivity contribution is 5.62. The zero-order valence-corrected chi connectivity index (χ0v) is 7.03. The number of hydrogen-bond donors (Lipinski definition) is 0. The van der Waals surface area contributed by atoms with E-state index >= 15 is 0 Å². The number of pyridine rings is 1. The molecule has 0 bridgehead atoms. The second kappa shape index (κ2) is 4.34. The zero-order valence-electron chi connectivity index (χ0n) is 7.03. The maximum absolute atomic E-state index is 4.81. The summed E-state index contributed by atoms with van der Waals surface area (Å²) in [5.74, 6) is 0. The van der Waals surface area contributed by atoms with Gasteiger partial charge in [0.15, 0.2) is 0 Å². The van der Waals surface area contributed by atoms with Crippen molar-refractivity contribution < 1.29 is 4.74 Å². The molecule has 0 aromatic carbocycles. The number of rotatable bonds is 3. The Morgan fingerprint density at radius 3 is 3.00 bits per heavy atom. The maximum atomic E-state index is 4.81. The lowest BCUT2D eigenvalue weighted by molar-refractivity contribution is 0.341. The second-order valence-electron chi connectivity index (χ2n) is 2.25. The fourth-order valence-electron chi connectivity index (χ4n) is 0.881. The molecule has 1 heterocycles. The van der Waals surface area contributed by atoms with Gasteiger partial charge in [-0.2, -0.15) is 0 Å². The summed E-state index contributed by atoms with van der Waals surface area (Å²) in [6.45, 7) is 3.68. The first-order valence-corrected chi connectivity index (χ1v) is 3.64. The number of ether oxygens (including phenoxy) is 1. The fourth-order valence-corrected chi connectivity index (χ4v) is 0.881. The fraction of sp³-hybridized carbons (Fsp3) is 0.100. The standard InChI is InChI=1S/C10H11NO/c1-3-9-8-11-6-4-10(9)5-7-12-2/h3-8H,1H2,2H3/b7-5+. The van der Waals surface area contributed by atoms with Gasteiger partial charge in [0.05, 0.1) is 13.4 Å². The minimum absolute atomic E-state index is 1.01. The Bertz CT molecular complexity index is 292. The van der Waals surface area contributed by atoms with Crippen LogP contribution in [0.5, 0.6) is 0 Å². The predicted molar refractivity (Wildman–Crippen MR) is 50.4 cm³/mol. The van der Waals surface area contributed by atoms with Gasteiger partial charge in [-0.05, 0) is 23.3 Å². The van der Waals surface area contributed by atoms with E-state index in [1.165, 1.54) is 0 Å². The smallest absolute Gasteiger partial charge is 0.0830 e. The average Bonchev–Trinajstić information content (AvgIpc) is 2.15. The lowest BCUT2D eigenvalue weighted by Crippen LogP contribution is -1.81. The Balaban J connectivity index is 2.96. The molecule has 62 valence electrons. The third-order valence-corrected chi connectivity index (χ3v) is 1.49. The monoisotopic (exact) mass is 161 g/mol. The van der Waals surface area contributed by atoms with Gasteiger partial charge in [0.1, 0.15) is 0 Å². The van der Waals surface area contributed by atoms with Crippen molar-refractivity contribution in [2.75, 3.05) is 7.11 Å². The van der Waals surface area contributed by atoms with Gasteiger partial charge in [-0.15, -0.1) is 0 Å². The molecule has 0 saturated carbocycles. The first-order chi connectivity index (χ1) is 5.88. The third kappa shape index (κ3) is 1.95. The van der Waals surface area contributed by atoms with Crippen LogP contribution in [-0.4, -0.2) is 12.1 Å².